The smallest absolute Gasteiger partial charge is 0.137 e. The molecule has 0 atom stereocenters. The van der Waals surface area contributed by atoms with Crippen molar-refractivity contribution >= 4 is 17.4 Å². The molecule has 0 radical (unpaired) electrons. The molecule has 0 saturated heterocycles. The molecular formula is C14H20ClNO2. The largest absolute Gasteiger partial charge is 0.495 e. The first kappa shape index (κ1) is 15.0. The molecule has 1 aromatic carbocycles. The lowest BCUT2D eigenvalue weighted by atomic mass is 10.1. The van der Waals surface area contributed by atoms with Crippen molar-refractivity contribution in [1.29, 1.82) is 0 Å². The van der Waals surface area contributed by atoms with E-state index < -0.39 is 0 Å². The van der Waals surface area contributed by atoms with Gasteiger partial charge in [-0.2, -0.15) is 0 Å². The molecule has 0 bridgehead atoms. The maximum absolute atomic E-state index is 10.7. The van der Waals surface area contributed by atoms with E-state index in [-0.39, 0.29) is 5.78 Å². The molecule has 0 unspecified atom stereocenters. The summed E-state index contributed by atoms with van der Waals surface area (Å²) in [6.45, 7) is 3.39. The number of benzene rings is 1. The third kappa shape index (κ3) is 5.52. The van der Waals surface area contributed by atoms with Gasteiger partial charge in [-0.1, -0.05) is 17.7 Å². The first-order valence-corrected chi connectivity index (χ1v) is 6.54. The predicted octanol–water partition coefficient (Wildman–Crippen LogP) is 2.85. The zero-order chi connectivity index (χ0) is 13.4. The Kier molecular flexibility index (Phi) is 6.76. The number of carbonyl (C=O) groups is 1. The topological polar surface area (TPSA) is 38.3 Å². The van der Waals surface area contributed by atoms with Crippen molar-refractivity contribution in [3.63, 3.8) is 0 Å². The second kappa shape index (κ2) is 8.11. The quantitative estimate of drug-likeness (QED) is 0.738. The van der Waals surface area contributed by atoms with E-state index in [1.54, 1.807) is 14.0 Å². The van der Waals surface area contributed by atoms with Crippen LogP contribution in [-0.2, 0) is 11.2 Å². The van der Waals surface area contributed by atoms with Crippen LogP contribution in [-0.4, -0.2) is 26.0 Å². The van der Waals surface area contributed by atoms with E-state index in [1.165, 1.54) is 5.56 Å². The van der Waals surface area contributed by atoms with Crippen molar-refractivity contribution in [2.45, 2.75) is 26.2 Å². The van der Waals surface area contributed by atoms with Crippen LogP contribution in [0.2, 0.25) is 5.02 Å². The van der Waals surface area contributed by atoms with E-state index in [1.807, 2.05) is 18.2 Å². The second-order valence-corrected chi connectivity index (χ2v) is 4.68. The first-order chi connectivity index (χ1) is 8.63. The normalized spacial score (nSPS) is 10.4. The molecular weight excluding hydrogens is 250 g/mol. The monoisotopic (exact) mass is 269 g/mol. The highest BCUT2D eigenvalue weighted by atomic mass is 35.5. The maximum atomic E-state index is 10.7. The number of rotatable bonds is 8. The number of ketones is 1. The Morgan fingerprint density at radius 2 is 2.17 bits per heavy atom. The van der Waals surface area contributed by atoms with Crippen LogP contribution in [0.1, 0.15) is 25.3 Å². The Bertz CT molecular complexity index is 393. The molecule has 0 heterocycles. The Balaban J connectivity index is 2.23. The van der Waals surface area contributed by atoms with Gasteiger partial charge in [-0.3, -0.25) is 0 Å². The van der Waals surface area contributed by atoms with E-state index in [4.69, 9.17) is 16.3 Å². The summed E-state index contributed by atoms with van der Waals surface area (Å²) in [7, 11) is 1.61. The Labute approximate surface area is 113 Å². The van der Waals surface area contributed by atoms with Crippen LogP contribution in [0.5, 0.6) is 5.75 Å². The Morgan fingerprint density at radius 3 is 2.78 bits per heavy atom. The average molecular weight is 270 g/mol. The fraction of sp³-hybridized carbons (Fsp3) is 0.500. The molecule has 0 fully saturated rings. The van der Waals surface area contributed by atoms with Gasteiger partial charge in [0.1, 0.15) is 11.5 Å². The third-order valence-corrected chi connectivity index (χ3v) is 2.98. The molecule has 1 aromatic rings. The number of ether oxygens (including phenoxy) is 1. The van der Waals surface area contributed by atoms with Crippen molar-refractivity contribution in [3.05, 3.63) is 28.8 Å². The Morgan fingerprint density at radius 1 is 1.39 bits per heavy atom. The van der Waals surface area contributed by atoms with Crippen molar-refractivity contribution < 1.29 is 9.53 Å². The van der Waals surface area contributed by atoms with Gasteiger partial charge in [-0.05, 0) is 50.6 Å². The zero-order valence-corrected chi connectivity index (χ0v) is 11.7. The molecule has 18 heavy (non-hydrogen) atoms. The highest BCUT2D eigenvalue weighted by Gasteiger charge is 2.01. The van der Waals surface area contributed by atoms with Crippen LogP contribution in [0.25, 0.3) is 0 Å². The van der Waals surface area contributed by atoms with E-state index >= 15 is 0 Å². The molecule has 0 saturated carbocycles. The van der Waals surface area contributed by atoms with Crippen LogP contribution >= 0.6 is 11.6 Å². The van der Waals surface area contributed by atoms with Gasteiger partial charge in [0.2, 0.25) is 0 Å². The van der Waals surface area contributed by atoms with E-state index in [0.29, 0.717) is 17.2 Å². The minimum Gasteiger partial charge on any atom is -0.495 e. The number of Topliss-reactive ketones (excluding diaryl/α,β-unsaturated/α-hetero) is 1. The minimum absolute atomic E-state index is 0.249. The average Bonchev–Trinajstić information content (AvgIpc) is 2.33. The number of hydrogen-bond acceptors (Lipinski definition) is 3. The van der Waals surface area contributed by atoms with Crippen molar-refractivity contribution in [3.8, 4) is 5.75 Å². The molecule has 0 aliphatic rings. The van der Waals surface area contributed by atoms with Crippen molar-refractivity contribution in [2.24, 2.45) is 0 Å². The summed E-state index contributed by atoms with van der Waals surface area (Å²) in [6.07, 6.45) is 2.48. The molecule has 0 spiro atoms. The van der Waals surface area contributed by atoms with Crippen LogP contribution < -0.4 is 10.1 Å². The molecule has 100 valence electrons. The first-order valence-electron chi connectivity index (χ1n) is 6.16. The van der Waals surface area contributed by atoms with Crippen molar-refractivity contribution in [2.75, 3.05) is 20.2 Å². The lowest BCUT2D eigenvalue weighted by molar-refractivity contribution is -0.117. The molecule has 1 N–H and O–H groups in total. The highest BCUT2D eigenvalue weighted by Crippen LogP contribution is 2.24. The lowest BCUT2D eigenvalue weighted by Gasteiger charge is -2.07. The summed E-state index contributed by atoms with van der Waals surface area (Å²) >= 11 is 6.04. The van der Waals surface area contributed by atoms with Crippen molar-refractivity contribution in [1.82, 2.24) is 5.32 Å². The molecule has 0 aliphatic heterocycles. The fourth-order valence-corrected chi connectivity index (χ4v) is 1.97. The lowest BCUT2D eigenvalue weighted by Crippen LogP contribution is -2.19. The molecule has 3 nitrogen and oxygen atoms in total. The van der Waals surface area contributed by atoms with Crippen LogP contribution in [0, 0.1) is 0 Å². The van der Waals surface area contributed by atoms with Crippen LogP contribution in [0.3, 0.4) is 0 Å². The van der Waals surface area contributed by atoms with Gasteiger partial charge < -0.3 is 14.8 Å². The van der Waals surface area contributed by atoms with E-state index in [9.17, 15) is 4.79 Å². The number of halogens is 1. The van der Waals surface area contributed by atoms with Gasteiger partial charge in [0, 0.05) is 6.42 Å². The SMILES string of the molecule is COc1ccc(CCNCCCC(C)=O)cc1Cl. The summed E-state index contributed by atoms with van der Waals surface area (Å²) in [5.74, 6) is 0.952. The molecule has 0 aromatic heterocycles. The van der Waals surface area contributed by atoms with Gasteiger partial charge in [0.15, 0.2) is 0 Å². The molecule has 0 amide bonds. The third-order valence-electron chi connectivity index (χ3n) is 2.69. The predicted molar refractivity (Wildman–Crippen MR) is 74.5 cm³/mol. The Hall–Kier alpha value is -1.06. The van der Waals surface area contributed by atoms with E-state index in [2.05, 4.69) is 5.32 Å². The van der Waals surface area contributed by atoms with Gasteiger partial charge in [-0.15, -0.1) is 0 Å². The van der Waals surface area contributed by atoms with Crippen LogP contribution in [0.15, 0.2) is 18.2 Å². The maximum Gasteiger partial charge on any atom is 0.137 e. The van der Waals surface area contributed by atoms with Crippen LogP contribution in [0.4, 0.5) is 0 Å². The molecule has 1 rings (SSSR count). The van der Waals surface area contributed by atoms with Gasteiger partial charge in [0.25, 0.3) is 0 Å². The molecule has 4 heteroatoms. The number of carbonyl (C=O) groups excluding carboxylic acids is 1. The molecule has 0 aliphatic carbocycles. The fourth-order valence-electron chi connectivity index (χ4n) is 1.69. The number of hydrogen-bond donors (Lipinski definition) is 1. The summed E-state index contributed by atoms with van der Waals surface area (Å²) in [5, 5.41) is 3.96. The number of methoxy groups -OCH3 is 1. The zero-order valence-electron chi connectivity index (χ0n) is 11.0. The summed E-state index contributed by atoms with van der Waals surface area (Å²) in [4.78, 5) is 10.7. The van der Waals surface area contributed by atoms with Gasteiger partial charge >= 0.3 is 0 Å². The second-order valence-electron chi connectivity index (χ2n) is 4.27. The van der Waals surface area contributed by atoms with Gasteiger partial charge in [0.05, 0.1) is 12.1 Å². The minimum atomic E-state index is 0.249. The van der Waals surface area contributed by atoms with E-state index in [0.717, 1.165) is 25.9 Å². The van der Waals surface area contributed by atoms with Gasteiger partial charge in [-0.25, -0.2) is 0 Å². The summed E-state index contributed by atoms with van der Waals surface area (Å²) in [5.41, 5.74) is 1.18. The summed E-state index contributed by atoms with van der Waals surface area (Å²) < 4.78 is 5.10. The highest BCUT2D eigenvalue weighted by molar-refractivity contribution is 6.32. The summed E-state index contributed by atoms with van der Waals surface area (Å²) in [6, 6.07) is 5.83. The number of nitrogens with one attached hydrogen (secondary N) is 1. The standard InChI is InChI=1S/C14H20ClNO2/c1-11(17)4-3-8-16-9-7-12-5-6-14(18-2)13(15)10-12/h5-6,10,16H,3-4,7-9H2,1-2H3.